The Kier molecular flexibility index (Phi) is 4.69. The number of pyridine rings is 1. The molecule has 0 radical (unpaired) electrons. The van der Waals surface area contributed by atoms with Crippen LogP contribution < -0.4 is 10.6 Å². The van der Waals surface area contributed by atoms with E-state index in [1.54, 1.807) is 12.1 Å². The van der Waals surface area contributed by atoms with Crippen molar-refractivity contribution in [3.63, 3.8) is 0 Å². The number of anilines is 2. The van der Waals surface area contributed by atoms with E-state index in [4.69, 9.17) is 5.73 Å². The van der Waals surface area contributed by atoms with Crippen LogP contribution in [0.1, 0.15) is 32.0 Å². The maximum Gasteiger partial charge on any atom is 0.123 e. The predicted octanol–water partition coefficient (Wildman–Crippen LogP) is 3.79. The van der Waals surface area contributed by atoms with Gasteiger partial charge >= 0.3 is 0 Å². The molecule has 106 valence electrons. The molecule has 2 rings (SSSR count). The second-order valence-electron chi connectivity index (χ2n) is 4.68. The molecular weight excluding hydrogens is 253 g/mol. The standard InChI is InChI=1S/C16H20FN3/c1-3-15(18)16-10-9-14(11-19-16)20(4-2)13-7-5-12(17)6-8-13/h5-11,15H,3-4,18H2,1-2H3. The molecule has 1 atom stereocenters. The first-order valence-electron chi connectivity index (χ1n) is 6.90. The molecule has 2 aromatic rings. The molecule has 4 heteroatoms. The Hall–Kier alpha value is -1.94. The summed E-state index contributed by atoms with van der Waals surface area (Å²) in [7, 11) is 0. The van der Waals surface area contributed by atoms with E-state index in [2.05, 4.69) is 16.8 Å². The van der Waals surface area contributed by atoms with Crippen molar-refractivity contribution < 1.29 is 4.39 Å². The topological polar surface area (TPSA) is 42.1 Å². The Balaban J connectivity index is 2.25. The quantitative estimate of drug-likeness (QED) is 0.901. The van der Waals surface area contributed by atoms with Gasteiger partial charge in [0, 0.05) is 18.3 Å². The summed E-state index contributed by atoms with van der Waals surface area (Å²) in [5, 5.41) is 0. The van der Waals surface area contributed by atoms with Gasteiger partial charge in [0.05, 0.1) is 17.6 Å². The van der Waals surface area contributed by atoms with E-state index in [0.29, 0.717) is 0 Å². The largest absolute Gasteiger partial charge is 0.341 e. The van der Waals surface area contributed by atoms with Crippen molar-refractivity contribution >= 4 is 11.4 Å². The van der Waals surface area contributed by atoms with E-state index in [9.17, 15) is 4.39 Å². The number of benzene rings is 1. The number of rotatable bonds is 5. The molecule has 0 aliphatic rings. The van der Waals surface area contributed by atoms with Crippen LogP contribution in [0, 0.1) is 5.82 Å². The lowest BCUT2D eigenvalue weighted by molar-refractivity contribution is 0.628. The fraction of sp³-hybridized carbons (Fsp3) is 0.312. The molecule has 0 saturated carbocycles. The molecule has 1 aromatic heterocycles. The van der Waals surface area contributed by atoms with Crippen LogP contribution in [0.2, 0.25) is 0 Å². The molecule has 20 heavy (non-hydrogen) atoms. The molecule has 0 spiro atoms. The summed E-state index contributed by atoms with van der Waals surface area (Å²) in [6.07, 6.45) is 2.68. The molecule has 1 aromatic carbocycles. The van der Waals surface area contributed by atoms with Gasteiger partial charge in [-0.05, 0) is 49.7 Å². The number of hydrogen-bond donors (Lipinski definition) is 1. The van der Waals surface area contributed by atoms with Crippen molar-refractivity contribution in [1.82, 2.24) is 4.98 Å². The van der Waals surface area contributed by atoms with Crippen LogP contribution in [-0.4, -0.2) is 11.5 Å². The molecule has 2 N–H and O–H groups in total. The zero-order valence-corrected chi connectivity index (χ0v) is 11.9. The molecule has 0 bridgehead atoms. The average molecular weight is 273 g/mol. The van der Waals surface area contributed by atoms with Crippen LogP contribution in [-0.2, 0) is 0 Å². The van der Waals surface area contributed by atoms with Crippen molar-refractivity contribution in [2.45, 2.75) is 26.3 Å². The van der Waals surface area contributed by atoms with E-state index >= 15 is 0 Å². The first-order valence-corrected chi connectivity index (χ1v) is 6.90. The van der Waals surface area contributed by atoms with Gasteiger partial charge in [-0.15, -0.1) is 0 Å². The minimum atomic E-state index is -0.229. The summed E-state index contributed by atoms with van der Waals surface area (Å²) in [5.74, 6) is -0.229. The van der Waals surface area contributed by atoms with Crippen molar-refractivity contribution in [3.8, 4) is 0 Å². The van der Waals surface area contributed by atoms with E-state index in [-0.39, 0.29) is 11.9 Å². The molecule has 1 heterocycles. The van der Waals surface area contributed by atoms with Gasteiger partial charge in [0.1, 0.15) is 5.82 Å². The smallest absolute Gasteiger partial charge is 0.123 e. The Morgan fingerprint density at radius 1 is 1.10 bits per heavy atom. The highest BCUT2D eigenvalue weighted by Crippen LogP contribution is 2.25. The Morgan fingerprint density at radius 2 is 1.75 bits per heavy atom. The summed E-state index contributed by atoms with van der Waals surface area (Å²) < 4.78 is 13.0. The van der Waals surface area contributed by atoms with Crippen LogP contribution in [0.4, 0.5) is 15.8 Å². The number of nitrogens with two attached hydrogens (primary N) is 1. The maximum absolute atomic E-state index is 13.0. The molecule has 0 amide bonds. The van der Waals surface area contributed by atoms with E-state index in [1.807, 2.05) is 25.3 Å². The van der Waals surface area contributed by atoms with Crippen molar-refractivity contribution in [2.75, 3.05) is 11.4 Å². The lowest BCUT2D eigenvalue weighted by Crippen LogP contribution is -2.17. The zero-order chi connectivity index (χ0) is 14.5. The van der Waals surface area contributed by atoms with Gasteiger partial charge in [0.15, 0.2) is 0 Å². The van der Waals surface area contributed by atoms with Gasteiger partial charge < -0.3 is 10.6 Å². The third kappa shape index (κ3) is 3.14. The summed E-state index contributed by atoms with van der Waals surface area (Å²) >= 11 is 0. The minimum absolute atomic E-state index is 0.0232. The van der Waals surface area contributed by atoms with E-state index in [0.717, 1.165) is 30.0 Å². The van der Waals surface area contributed by atoms with E-state index < -0.39 is 0 Å². The van der Waals surface area contributed by atoms with Gasteiger partial charge in [-0.1, -0.05) is 6.92 Å². The Bertz CT molecular complexity index is 537. The van der Waals surface area contributed by atoms with Crippen LogP contribution in [0.3, 0.4) is 0 Å². The second-order valence-corrected chi connectivity index (χ2v) is 4.68. The average Bonchev–Trinajstić information content (AvgIpc) is 2.50. The molecular formula is C16H20FN3. The highest BCUT2D eigenvalue weighted by atomic mass is 19.1. The first-order chi connectivity index (χ1) is 9.65. The second kappa shape index (κ2) is 6.48. The maximum atomic E-state index is 13.0. The third-order valence-electron chi connectivity index (χ3n) is 3.36. The van der Waals surface area contributed by atoms with Gasteiger partial charge in [-0.2, -0.15) is 0 Å². The monoisotopic (exact) mass is 273 g/mol. The highest BCUT2D eigenvalue weighted by molar-refractivity contribution is 5.62. The molecule has 3 nitrogen and oxygen atoms in total. The van der Waals surface area contributed by atoms with Crippen molar-refractivity contribution in [2.24, 2.45) is 5.73 Å². The molecule has 0 fully saturated rings. The Labute approximate surface area is 119 Å². The van der Waals surface area contributed by atoms with Crippen molar-refractivity contribution in [1.29, 1.82) is 0 Å². The summed E-state index contributed by atoms with van der Waals surface area (Å²) in [6.45, 7) is 4.87. The highest BCUT2D eigenvalue weighted by Gasteiger charge is 2.10. The zero-order valence-electron chi connectivity index (χ0n) is 11.9. The van der Waals surface area contributed by atoms with Gasteiger partial charge in [0.2, 0.25) is 0 Å². The van der Waals surface area contributed by atoms with Gasteiger partial charge in [-0.3, -0.25) is 4.98 Å². The van der Waals surface area contributed by atoms with Crippen LogP contribution >= 0.6 is 0 Å². The predicted molar refractivity (Wildman–Crippen MR) is 80.5 cm³/mol. The summed E-state index contributed by atoms with van der Waals surface area (Å²) in [4.78, 5) is 6.50. The van der Waals surface area contributed by atoms with Gasteiger partial charge in [-0.25, -0.2) is 4.39 Å². The van der Waals surface area contributed by atoms with Crippen LogP contribution in [0.5, 0.6) is 0 Å². The molecule has 0 aliphatic heterocycles. The number of hydrogen-bond acceptors (Lipinski definition) is 3. The fourth-order valence-corrected chi connectivity index (χ4v) is 2.12. The SMILES string of the molecule is CCC(N)c1ccc(N(CC)c2ccc(F)cc2)cn1. The van der Waals surface area contributed by atoms with Crippen LogP contribution in [0.25, 0.3) is 0 Å². The van der Waals surface area contributed by atoms with Gasteiger partial charge in [0.25, 0.3) is 0 Å². The fourth-order valence-electron chi connectivity index (χ4n) is 2.12. The summed E-state index contributed by atoms with van der Waals surface area (Å²) in [6, 6.07) is 10.4. The number of halogens is 1. The molecule has 0 aliphatic carbocycles. The number of nitrogens with zero attached hydrogens (tertiary/aromatic N) is 2. The first kappa shape index (κ1) is 14.5. The Morgan fingerprint density at radius 3 is 2.25 bits per heavy atom. The lowest BCUT2D eigenvalue weighted by Gasteiger charge is -2.23. The molecule has 0 saturated heterocycles. The lowest BCUT2D eigenvalue weighted by atomic mass is 10.1. The van der Waals surface area contributed by atoms with Crippen molar-refractivity contribution in [3.05, 3.63) is 54.1 Å². The van der Waals surface area contributed by atoms with Crippen LogP contribution in [0.15, 0.2) is 42.6 Å². The molecule has 1 unspecified atom stereocenters. The summed E-state index contributed by atoms with van der Waals surface area (Å²) in [5.41, 5.74) is 8.78. The van der Waals surface area contributed by atoms with E-state index in [1.165, 1.54) is 12.1 Å². The minimum Gasteiger partial charge on any atom is -0.341 e. The normalized spacial score (nSPS) is 12.2. The third-order valence-corrected chi connectivity index (χ3v) is 3.36. The number of aromatic nitrogens is 1.